The Morgan fingerprint density at radius 2 is 2.14 bits per heavy atom. The van der Waals surface area contributed by atoms with Crippen LogP contribution in [0.2, 0.25) is 5.02 Å². The Bertz CT molecular complexity index is 560. The molecule has 1 aromatic carbocycles. The van der Waals surface area contributed by atoms with Crippen LogP contribution in [0.25, 0.3) is 0 Å². The first-order valence-corrected chi connectivity index (χ1v) is 7.76. The van der Waals surface area contributed by atoms with E-state index in [0.29, 0.717) is 24.9 Å². The molecular weight excluding hydrogens is 307 g/mol. The van der Waals surface area contributed by atoms with Gasteiger partial charge < -0.3 is 15.4 Å². The summed E-state index contributed by atoms with van der Waals surface area (Å²) in [6, 6.07) is 4.26. The molecular formula is C16H22ClFN2O2. The van der Waals surface area contributed by atoms with E-state index in [0.717, 1.165) is 0 Å². The Balaban J connectivity index is 2.31. The lowest BCUT2D eigenvalue weighted by atomic mass is 9.92. The monoisotopic (exact) mass is 328 g/mol. The van der Waals surface area contributed by atoms with Crippen molar-refractivity contribution in [3.05, 3.63) is 34.6 Å². The fourth-order valence-electron chi connectivity index (χ4n) is 2.60. The molecule has 1 saturated heterocycles. The Morgan fingerprint density at radius 3 is 2.77 bits per heavy atom. The molecule has 1 aliphatic heterocycles. The molecule has 1 aromatic rings. The lowest BCUT2D eigenvalue weighted by Crippen LogP contribution is -2.47. The van der Waals surface area contributed by atoms with Crippen LogP contribution in [0.3, 0.4) is 0 Å². The zero-order valence-corrected chi connectivity index (χ0v) is 13.9. The predicted molar refractivity (Wildman–Crippen MR) is 84.3 cm³/mol. The molecule has 0 bridgehead atoms. The topological polar surface area (TPSA) is 55.6 Å². The van der Waals surface area contributed by atoms with Gasteiger partial charge in [0.2, 0.25) is 0 Å². The number of likely N-dealkylation sites (tertiary alicyclic amines) is 1. The van der Waals surface area contributed by atoms with Crippen molar-refractivity contribution in [1.29, 1.82) is 0 Å². The number of hydrogen-bond acceptors (Lipinski definition) is 3. The largest absolute Gasteiger partial charge is 0.444 e. The fraction of sp³-hybridized carbons (Fsp3) is 0.562. The lowest BCUT2D eigenvalue weighted by molar-refractivity contribution is 0.00759. The highest BCUT2D eigenvalue weighted by atomic mass is 35.5. The molecule has 2 atom stereocenters. The van der Waals surface area contributed by atoms with E-state index in [1.54, 1.807) is 37.8 Å². The SMILES string of the molecule is CC(C)(C)OC(=O)N1CCC(N)CC1c1cccc(Cl)c1F. The average molecular weight is 329 g/mol. The van der Waals surface area contributed by atoms with E-state index in [2.05, 4.69) is 0 Å². The van der Waals surface area contributed by atoms with E-state index < -0.39 is 23.6 Å². The van der Waals surface area contributed by atoms with E-state index in [9.17, 15) is 9.18 Å². The van der Waals surface area contributed by atoms with Crippen LogP contribution in [0, 0.1) is 5.82 Å². The number of amides is 1. The molecule has 0 aliphatic carbocycles. The standard InChI is InChI=1S/C16H22ClFN2O2/c1-16(2,3)22-15(21)20-8-7-10(19)9-13(20)11-5-4-6-12(17)14(11)18/h4-6,10,13H,7-9,19H2,1-3H3. The number of benzene rings is 1. The second-order valence-corrected chi connectivity index (χ2v) is 7.02. The first-order chi connectivity index (χ1) is 10.2. The zero-order valence-electron chi connectivity index (χ0n) is 13.1. The molecule has 0 saturated carbocycles. The van der Waals surface area contributed by atoms with E-state index in [1.807, 2.05) is 0 Å². The van der Waals surface area contributed by atoms with Gasteiger partial charge in [0.25, 0.3) is 0 Å². The molecule has 0 spiro atoms. The second kappa shape index (κ2) is 6.42. The molecule has 6 heteroatoms. The number of rotatable bonds is 1. The zero-order chi connectivity index (χ0) is 16.5. The predicted octanol–water partition coefficient (Wildman–Crippen LogP) is 3.88. The van der Waals surface area contributed by atoms with Crippen molar-refractivity contribution in [2.75, 3.05) is 6.54 Å². The summed E-state index contributed by atoms with van der Waals surface area (Å²) in [5, 5.41) is 0.0424. The first kappa shape index (κ1) is 17.0. The lowest BCUT2D eigenvalue weighted by Gasteiger charge is -2.39. The van der Waals surface area contributed by atoms with Crippen molar-refractivity contribution in [2.45, 2.75) is 51.3 Å². The van der Waals surface area contributed by atoms with Gasteiger partial charge in [-0.1, -0.05) is 23.7 Å². The molecule has 22 heavy (non-hydrogen) atoms. The summed E-state index contributed by atoms with van der Waals surface area (Å²) in [5.41, 5.74) is 5.79. The molecule has 0 radical (unpaired) electrons. The summed E-state index contributed by atoms with van der Waals surface area (Å²) in [4.78, 5) is 14.0. The van der Waals surface area contributed by atoms with E-state index in [1.165, 1.54) is 6.07 Å². The highest BCUT2D eigenvalue weighted by molar-refractivity contribution is 6.30. The smallest absolute Gasteiger partial charge is 0.410 e. The normalized spacial score (nSPS) is 22.5. The summed E-state index contributed by atoms with van der Waals surface area (Å²) in [6.07, 6.45) is 0.692. The molecule has 1 amide bonds. The number of nitrogens with two attached hydrogens (primary N) is 1. The van der Waals surface area contributed by atoms with Crippen LogP contribution in [0.4, 0.5) is 9.18 Å². The molecule has 122 valence electrons. The third-order valence-corrected chi connectivity index (χ3v) is 3.90. The Morgan fingerprint density at radius 1 is 1.45 bits per heavy atom. The minimum Gasteiger partial charge on any atom is -0.444 e. The van der Waals surface area contributed by atoms with Crippen molar-refractivity contribution in [3.63, 3.8) is 0 Å². The molecule has 2 unspecified atom stereocenters. The minimum absolute atomic E-state index is 0.0424. The van der Waals surface area contributed by atoms with Crippen LogP contribution >= 0.6 is 11.6 Å². The van der Waals surface area contributed by atoms with Gasteiger partial charge in [0.05, 0.1) is 11.1 Å². The Hall–Kier alpha value is -1.33. The fourth-order valence-corrected chi connectivity index (χ4v) is 2.79. The minimum atomic E-state index is -0.603. The van der Waals surface area contributed by atoms with E-state index >= 15 is 0 Å². The number of halogens is 2. The Labute approximate surface area is 135 Å². The second-order valence-electron chi connectivity index (χ2n) is 6.62. The number of piperidine rings is 1. The molecule has 1 aliphatic rings. The van der Waals surface area contributed by atoms with Gasteiger partial charge in [-0.25, -0.2) is 9.18 Å². The van der Waals surface area contributed by atoms with Crippen molar-refractivity contribution in [2.24, 2.45) is 5.73 Å². The average Bonchev–Trinajstić information content (AvgIpc) is 2.39. The van der Waals surface area contributed by atoms with Crippen molar-refractivity contribution in [1.82, 2.24) is 4.90 Å². The third-order valence-electron chi connectivity index (χ3n) is 3.61. The molecule has 2 rings (SSSR count). The molecule has 4 nitrogen and oxygen atoms in total. The maximum absolute atomic E-state index is 14.3. The number of hydrogen-bond donors (Lipinski definition) is 1. The summed E-state index contributed by atoms with van der Waals surface area (Å²) in [6.45, 7) is 5.84. The number of carbonyl (C=O) groups excluding carboxylic acids is 1. The summed E-state index contributed by atoms with van der Waals surface area (Å²) < 4.78 is 19.8. The molecule has 1 fully saturated rings. The van der Waals surface area contributed by atoms with E-state index in [-0.39, 0.29) is 11.1 Å². The van der Waals surface area contributed by atoms with Gasteiger partial charge in [-0.3, -0.25) is 0 Å². The van der Waals surface area contributed by atoms with Crippen molar-refractivity contribution in [3.8, 4) is 0 Å². The Kier molecular flexibility index (Phi) is 4.97. The number of carbonyl (C=O) groups is 1. The van der Waals surface area contributed by atoms with Gasteiger partial charge in [-0.15, -0.1) is 0 Å². The molecule has 1 heterocycles. The van der Waals surface area contributed by atoms with Crippen LogP contribution in [0.1, 0.15) is 45.2 Å². The van der Waals surface area contributed by atoms with Crippen LogP contribution in [-0.4, -0.2) is 29.2 Å². The first-order valence-electron chi connectivity index (χ1n) is 7.38. The third kappa shape index (κ3) is 3.90. The highest BCUT2D eigenvalue weighted by Crippen LogP contribution is 2.34. The maximum Gasteiger partial charge on any atom is 0.410 e. The van der Waals surface area contributed by atoms with Crippen LogP contribution < -0.4 is 5.73 Å². The van der Waals surface area contributed by atoms with Crippen LogP contribution in [0.5, 0.6) is 0 Å². The van der Waals surface area contributed by atoms with E-state index in [4.69, 9.17) is 22.1 Å². The summed E-state index contributed by atoms with van der Waals surface area (Å²) in [5.74, 6) is -0.503. The molecule has 2 N–H and O–H groups in total. The molecule has 0 aromatic heterocycles. The van der Waals surface area contributed by atoms with Gasteiger partial charge in [0, 0.05) is 18.2 Å². The van der Waals surface area contributed by atoms with Gasteiger partial charge in [-0.2, -0.15) is 0 Å². The number of nitrogens with zero attached hydrogens (tertiary/aromatic N) is 1. The number of ether oxygens (including phenoxy) is 1. The van der Waals surface area contributed by atoms with Crippen molar-refractivity contribution >= 4 is 17.7 Å². The van der Waals surface area contributed by atoms with Gasteiger partial charge >= 0.3 is 6.09 Å². The quantitative estimate of drug-likeness (QED) is 0.851. The highest BCUT2D eigenvalue weighted by Gasteiger charge is 2.35. The van der Waals surface area contributed by atoms with Gasteiger partial charge in [-0.05, 0) is 39.7 Å². The summed E-state index contributed by atoms with van der Waals surface area (Å²) >= 11 is 5.86. The van der Waals surface area contributed by atoms with Crippen LogP contribution in [0.15, 0.2) is 18.2 Å². The van der Waals surface area contributed by atoms with Crippen molar-refractivity contribution < 1.29 is 13.9 Å². The summed E-state index contributed by atoms with van der Waals surface area (Å²) in [7, 11) is 0. The van der Waals surface area contributed by atoms with Gasteiger partial charge in [0.15, 0.2) is 0 Å². The van der Waals surface area contributed by atoms with Gasteiger partial charge in [0.1, 0.15) is 11.4 Å². The van der Waals surface area contributed by atoms with Crippen LogP contribution in [-0.2, 0) is 4.74 Å². The maximum atomic E-state index is 14.3.